The van der Waals surface area contributed by atoms with Gasteiger partial charge in [-0.25, -0.2) is 0 Å². The molecule has 0 saturated heterocycles. The number of nitrogens with zero attached hydrogens (tertiary/aromatic N) is 1. The predicted molar refractivity (Wildman–Crippen MR) is 103 cm³/mol. The summed E-state index contributed by atoms with van der Waals surface area (Å²) >= 11 is 2.75. The summed E-state index contributed by atoms with van der Waals surface area (Å²) in [5.41, 5.74) is 2.25. The summed E-state index contributed by atoms with van der Waals surface area (Å²) in [4.78, 5) is 25.6. The van der Waals surface area contributed by atoms with E-state index in [4.69, 9.17) is 0 Å². The number of carbonyl (C=O) groups excluding carboxylic acids is 1. The molecule has 2 aromatic carbocycles. The molecule has 0 radical (unpaired) electrons. The minimum atomic E-state index is -0.144. The lowest BCUT2D eigenvalue weighted by Crippen LogP contribution is -2.14. The first-order chi connectivity index (χ1) is 11.5. The molecule has 0 bridgehead atoms. The van der Waals surface area contributed by atoms with Gasteiger partial charge in [-0.2, -0.15) is 0 Å². The highest BCUT2D eigenvalue weighted by molar-refractivity contribution is 7.98. The fourth-order valence-corrected chi connectivity index (χ4v) is 4.28. The fourth-order valence-electron chi connectivity index (χ4n) is 2.63. The Balaban J connectivity index is 1.93. The Kier molecular flexibility index (Phi) is 4.78. The molecule has 0 saturated carbocycles. The molecule has 1 aromatic heterocycles. The molecule has 3 aromatic rings. The Morgan fingerprint density at radius 3 is 2.67 bits per heavy atom. The van der Waals surface area contributed by atoms with Crippen molar-refractivity contribution in [1.29, 1.82) is 0 Å². The van der Waals surface area contributed by atoms with Gasteiger partial charge in [-0.05, 0) is 50.4 Å². The van der Waals surface area contributed by atoms with Crippen LogP contribution in [0.1, 0.15) is 30.2 Å². The van der Waals surface area contributed by atoms with Crippen LogP contribution in [0, 0.1) is 0 Å². The smallest absolute Gasteiger partial charge is 0.308 e. The van der Waals surface area contributed by atoms with Crippen LogP contribution in [0.5, 0.6) is 0 Å². The van der Waals surface area contributed by atoms with E-state index in [-0.39, 0.29) is 16.8 Å². The maximum atomic E-state index is 12.5. The first-order valence-corrected chi connectivity index (χ1v) is 9.65. The second-order valence-electron chi connectivity index (χ2n) is 5.67. The minimum Gasteiger partial charge on any atom is -0.322 e. The van der Waals surface area contributed by atoms with Gasteiger partial charge in [0, 0.05) is 16.6 Å². The number of hydrogen-bond donors (Lipinski definition) is 1. The number of rotatable bonds is 4. The number of nitrogens with one attached hydrogen (secondary N) is 1. The molecule has 1 amide bonds. The van der Waals surface area contributed by atoms with Crippen molar-refractivity contribution >= 4 is 44.9 Å². The summed E-state index contributed by atoms with van der Waals surface area (Å²) < 4.78 is 2.65. The second-order valence-corrected chi connectivity index (χ2v) is 7.51. The molecule has 0 aliphatic carbocycles. The number of benzene rings is 2. The zero-order valence-electron chi connectivity index (χ0n) is 13.7. The standard InChI is InChI=1S/C18H18N2O2S2/c1-11(2)20-14-9-8-12(10-16(14)24-18(20)22)19-17(21)13-6-4-5-7-15(13)23-3/h4-11H,1-3H3,(H,19,21). The van der Waals surface area contributed by atoms with Crippen LogP contribution in [0.4, 0.5) is 5.69 Å². The lowest BCUT2D eigenvalue weighted by molar-refractivity contribution is 0.102. The van der Waals surface area contributed by atoms with Gasteiger partial charge in [0.1, 0.15) is 0 Å². The van der Waals surface area contributed by atoms with Gasteiger partial charge in [-0.15, -0.1) is 11.8 Å². The zero-order valence-corrected chi connectivity index (χ0v) is 15.3. The number of amides is 1. The van der Waals surface area contributed by atoms with Gasteiger partial charge in [-0.3, -0.25) is 14.2 Å². The first kappa shape index (κ1) is 16.8. The van der Waals surface area contributed by atoms with Crippen molar-refractivity contribution in [1.82, 2.24) is 4.57 Å². The molecule has 0 unspecified atom stereocenters. The van der Waals surface area contributed by atoms with Crippen molar-refractivity contribution in [2.24, 2.45) is 0 Å². The largest absolute Gasteiger partial charge is 0.322 e. The van der Waals surface area contributed by atoms with E-state index < -0.39 is 0 Å². The topological polar surface area (TPSA) is 51.1 Å². The Morgan fingerprint density at radius 2 is 1.96 bits per heavy atom. The van der Waals surface area contributed by atoms with Crippen LogP contribution >= 0.6 is 23.1 Å². The van der Waals surface area contributed by atoms with Gasteiger partial charge in [0.15, 0.2) is 0 Å². The molecule has 0 atom stereocenters. The predicted octanol–water partition coefficient (Wildman–Crippen LogP) is 4.62. The Bertz CT molecular complexity index is 957. The monoisotopic (exact) mass is 358 g/mol. The SMILES string of the molecule is CSc1ccccc1C(=O)Nc1ccc2c(c1)sc(=O)n2C(C)C. The Hall–Kier alpha value is -2.05. The summed E-state index contributed by atoms with van der Waals surface area (Å²) in [5, 5.41) is 2.93. The number of fused-ring (bicyclic) bond motifs is 1. The molecule has 0 aliphatic heterocycles. The van der Waals surface area contributed by atoms with Gasteiger partial charge < -0.3 is 5.32 Å². The maximum absolute atomic E-state index is 12.5. The van der Waals surface area contributed by atoms with E-state index in [2.05, 4.69) is 5.32 Å². The Morgan fingerprint density at radius 1 is 1.21 bits per heavy atom. The third-order valence-corrected chi connectivity index (χ3v) is 5.45. The van der Waals surface area contributed by atoms with Crippen molar-refractivity contribution in [3.05, 3.63) is 57.7 Å². The van der Waals surface area contributed by atoms with Crippen LogP contribution in [0.2, 0.25) is 0 Å². The maximum Gasteiger partial charge on any atom is 0.308 e. The van der Waals surface area contributed by atoms with E-state index in [1.807, 2.05) is 62.6 Å². The van der Waals surface area contributed by atoms with Crippen molar-refractivity contribution in [3.8, 4) is 0 Å². The third-order valence-electron chi connectivity index (χ3n) is 3.74. The van der Waals surface area contributed by atoms with Gasteiger partial charge in [0.05, 0.1) is 15.8 Å². The highest BCUT2D eigenvalue weighted by Crippen LogP contribution is 2.25. The number of hydrogen-bond acceptors (Lipinski definition) is 4. The van der Waals surface area contributed by atoms with Crippen molar-refractivity contribution in [2.75, 3.05) is 11.6 Å². The number of anilines is 1. The fraction of sp³-hybridized carbons (Fsp3) is 0.222. The molecule has 6 heteroatoms. The third kappa shape index (κ3) is 3.12. The number of carbonyl (C=O) groups is 1. The van der Waals surface area contributed by atoms with E-state index in [1.54, 1.807) is 16.3 Å². The quantitative estimate of drug-likeness (QED) is 0.693. The number of thioether (sulfide) groups is 1. The highest BCUT2D eigenvalue weighted by Gasteiger charge is 2.13. The normalized spacial score (nSPS) is 11.2. The van der Waals surface area contributed by atoms with Crippen LogP contribution in [0.15, 0.2) is 52.2 Å². The van der Waals surface area contributed by atoms with E-state index in [0.717, 1.165) is 15.1 Å². The van der Waals surface area contributed by atoms with Gasteiger partial charge in [-0.1, -0.05) is 23.5 Å². The molecule has 4 nitrogen and oxygen atoms in total. The van der Waals surface area contributed by atoms with Crippen molar-refractivity contribution in [3.63, 3.8) is 0 Å². The van der Waals surface area contributed by atoms with Crippen LogP contribution in [0.3, 0.4) is 0 Å². The average Bonchev–Trinajstić information content (AvgIpc) is 2.89. The molecule has 3 rings (SSSR count). The van der Waals surface area contributed by atoms with E-state index in [1.165, 1.54) is 11.3 Å². The van der Waals surface area contributed by atoms with E-state index in [0.29, 0.717) is 11.3 Å². The van der Waals surface area contributed by atoms with Crippen molar-refractivity contribution < 1.29 is 4.79 Å². The summed E-state index contributed by atoms with van der Waals surface area (Å²) in [5.74, 6) is -0.144. The van der Waals surface area contributed by atoms with Crippen LogP contribution < -0.4 is 10.2 Å². The minimum absolute atomic E-state index is 0.0243. The van der Waals surface area contributed by atoms with Crippen LogP contribution in [-0.4, -0.2) is 16.7 Å². The lowest BCUT2D eigenvalue weighted by atomic mass is 10.2. The lowest BCUT2D eigenvalue weighted by Gasteiger charge is -2.10. The molecule has 0 spiro atoms. The second kappa shape index (κ2) is 6.83. The molecule has 1 N–H and O–H groups in total. The first-order valence-electron chi connectivity index (χ1n) is 7.60. The number of thiazole rings is 1. The molecule has 0 aliphatic rings. The summed E-state index contributed by atoms with van der Waals surface area (Å²) in [6.45, 7) is 3.98. The molecule has 124 valence electrons. The molecule has 0 fully saturated rings. The molecular formula is C18H18N2O2S2. The molecular weight excluding hydrogens is 340 g/mol. The highest BCUT2D eigenvalue weighted by atomic mass is 32.2. The zero-order chi connectivity index (χ0) is 17.3. The van der Waals surface area contributed by atoms with E-state index >= 15 is 0 Å². The van der Waals surface area contributed by atoms with Gasteiger partial charge in [0.2, 0.25) is 0 Å². The average molecular weight is 358 g/mol. The molecule has 1 heterocycles. The van der Waals surface area contributed by atoms with Crippen LogP contribution in [0.25, 0.3) is 10.2 Å². The summed E-state index contributed by atoms with van der Waals surface area (Å²) in [6.07, 6.45) is 1.95. The Labute approximate surface area is 148 Å². The summed E-state index contributed by atoms with van der Waals surface area (Å²) in [7, 11) is 0. The van der Waals surface area contributed by atoms with Crippen LogP contribution in [-0.2, 0) is 0 Å². The van der Waals surface area contributed by atoms with Crippen molar-refractivity contribution in [2.45, 2.75) is 24.8 Å². The van der Waals surface area contributed by atoms with Gasteiger partial charge >= 0.3 is 4.87 Å². The summed E-state index contributed by atoms with van der Waals surface area (Å²) in [6, 6.07) is 13.2. The number of aromatic nitrogens is 1. The van der Waals surface area contributed by atoms with E-state index in [9.17, 15) is 9.59 Å². The molecule has 24 heavy (non-hydrogen) atoms. The van der Waals surface area contributed by atoms with Gasteiger partial charge in [0.25, 0.3) is 5.91 Å².